The van der Waals surface area contributed by atoms with E-state index < -0.39 is 10.7 Å². The van der Waals surface area contributed by atoms with Crippen LogP contribution in [0.4, 0.5) is 11.4 Å². The Balaban J connectivity index is 1.83. The first kappa shape index (κ1) is 26.7. The van der Waals surface area contributed by atoms with Crippen molar-refractivity contribution in [2.75, 3.05) is 5.73 Å². The lowest BCUT2D eigenvalue weighted by Crippen LogP contribution is -1.98. The highest BCUT2D eigenvalue weighted by molar-refractivity contribution is 7.99. The number of hydrogen-bond acceptors (Lipinski definition) is 3. The Hall–Kier alpha value is -1.37. The summed E-state index contributed by atoms with van der Waals surface area (Å²) < 4.78 is 5.05. The highest BCUT2D eigenvalue weighted by Gasteiger charge is 2.16. The molecule has 0 saturated heterocycles. The molecule has 4 aromatic rings. The minimum absolute atomic E-state index is 0.468. The standard InChI is InChI=1S/C26H19Cl5N2S2/c1-14-3-7-25(15(2)9-14)35(26-8-5-17(32)11-21(26)31)33-22-12-20(30)24(13-18(22)28)34-23-6-4-16(27)10-19(23)29/h3-13H,32H2,1-2H3. The molecule has 0 bridgehead atoms. The van der Waals surface area contributed by atoms with E-state index in [0.29, 0.717) is 36.5 Å². The third-order valence-electron chi connectivity index (χ3n) is 5.01. The molecule has 0 radical (unpaired) electrons. The number of nitrogen functional groups attached to an aromatic ring is 1. The van der Waals surface area contributed by atoms with Gasteiger partial charge in [0, 0.05) is 30.3 Å². The second kappa shape index (κ2) is 11.4. The van der Waals surface area contributed by atoms with Crippen molar-refractivity contribution in [1.82, 2.24) is 0 Å². The molecule has 4 aromatic carbocycles. The van der Waals surface area contributed by atoms with Gasteiger partial charge in [0.1, 0.15) is 0 Å². The molecule has 4 rings (SSSR count). The molecule has 35 heavy (non-hydrogen) atoms. The van der Waals surface area contributed by atoms with Gasteiger partial charge in [-0.25, -0.2) is 4.36 Å². The number of hydrogen-bond donors (Lipinski definition) is 1. The fraction of sp³-hybridized carbons (Fsp3) is 0.0769. The van der Waals surface area contributed by atoms with E-state index in [0.717, 1.165) is 25.1 Å². The van der Waals surface area contributed by atoms with Crippen LogP contribution in [0.2, 0.25) is 25.1 Å². The van der Waals surface area contributed by atoms with Gasteiger partial charge < -0.3 is 5.73 Å². The molecule has 0 aromatic heterocycles. The zero-order valence-electron chi connectivity index (χ0n) is 18.6. The molecular formula is C26H19Cl5N2S2. The van der Waals surface area contributed by atoms with Gasteiger partial charge in [-0.15, -0.1) is 0 Å². The van der Waals surface area contributed by atoms with Gasteiger partial charge in [-0.3, -0.25) is 0 Å². The summed E-state index contributed by atoms with van der Waals surface area (Å²) >= 11 is 33.8. The maximum absolute atomic E-state index is 6.71. The lowest BCUT2D eigenvalue weighted by molar-refractivity contribution is 1.24. The van der Waals surface area contributed by atoms with Gasteiger partial charge in [-0.05, 0) is 84.7 Å². The van der Waals surface area contributed by atoms with E-state index in [4.69, 9.17) is 68.1 Å². The number of anilines is 1. The molecule has 0 spiro atoms. The molecule has 2 nitrogen and oxygen atoms in total. The van der Waals surface area contributed by atoms with Gasteiger partial charge in [-0.2, -0.15) is 0 Å². The van der Waals surface area contributed by atoms with Crippen molar-refractivity contribution in [2.24, 2.45) is 4.36 Å². The van der Waals surface area contributed by atoms with E-state index in [9.17, 15) is 0 Å². The van der Waals surface area contributed by atoms with Crippen LogP contribution in [-0.4, -0.2) is 0 Å². The number of benzene rings is 4. The quantitative estimate of drug-likeness (QED) is 0.231. The van der Waals surface area contributed by atoms with E-state index in [-0.39, 0.29) is 0 Å². The first-order valence-corrected chi connectivity index (χ1v) is 14.2. The van der Waals surface area contributed by atoms with E-state index >= 15 is 0 Å². The van der Waals surface area contributed by atoms with E-state index in [2.05, 4.69) is 32.0 Å². The predicted octanol–water partition coefficient (Wildman–Crippen LogP) is 10.9. The SMILES string of the molecule is Cc1ccc(S(=Nc2cc(Cl)c(Sc3ccc(Cl)cc3Cl)cc2Cl)c2ccc(N)cc2Cl)c(C)c1. The minimum Gasteiger partial charge on any atom is -0.399 e. The average Bonchev–Trinajstić information content (AvgIpc) is 2.78. The fourth-order valence-electron chi connectivity index (χ4n) is 3.35. The Morgan fingerprint density at radius 2 is 1.40 bits per heavy atom. The van der Waals surface area contributed by atoms with Crippen molar-refractivity contribution >= 4 is 91.8 Å². The molecule has 9 heteroatoms. The molecule has 0 amide bonds. The minimum atomic E-state index is -0.759. The summed E-state index contributed by atoms with van der Waals surface area (Å²) in [5.41, 5.74) is 9.38. The summed E-state index contributed by atoms with van der Waals surface area (Å²) in [4.78, 5) is 3.48. The van der Waals surface area contributed by atoms with E-state index in [1.165, 1.54) is 17.3 Å². The second-order valence-electron chi connectivity index (χ2n) is 7.75. The molecule has 0 aliphatic heterocycles. The predicted molar refractivity (Wildman–Crippen MR) is 155 cm³/mol. The smallest absolute Gasteiger partial charge is 0.0912 e. The monoisotopic (exact) mass is 598 g/mol. The van der Waals surface area contributed by atoms with E-state index in [1.807, 2.05) is 18.2 Å². The molecule has 0 saturated carbocycles. The van der Waals surface area contributed by atoms with Crippen LogP contribution in [0.5, 0.6) is 0 Å². The van der Waals surface area contributed by atoms with Gasteiger partial charge in [-0.1, -0.05) is 87.5 Å². The molecule has 2 N–H and O–H groups in total. The Morgan fingerprint density at radius 1 is 0.686 bits per heavy atom. The van der Waals surface area contributed by atoms with Crippen LogP contribution >= 0.6 is 69.8 Å². The normalized spacial score (nSPS) is 12.2. The van der Waals surface area contributed by atoms with E-state index in [1.54, 1.807) is 30.3 Å². The summed E-state index contributed by atoms with van der Waals surface area (Å²) in [6.45, 7) is 4.12. The highest BCUT2D eigenvalue weighted by atomic mass is 35.5. The van der Waals surface area contributed by atoms with Crippen LogP contribution in [-0.2, 0) is 10.7 Å². The summed E-state index contributed by atoms with van der Waals surface area (Å²) in [5, 5.41) is 2.63. The third kappa shape index (κ3) is 6.31. The van der Waals surface area contributed by atoms with Crippen LogP contribution in [0.1, 0.15) is 11.1 Å². The molecular weight excluding hydrogens is 582 g/mol. The molecule has 0 fully saturated rings. The van der Waals surface area contributed by atoms with Gasteiger partial charge in [0.05, 0.1) is 25.8 Å². The average molecular weight is 601 g/mol. The number of nitrogens with zero attached hydrogens (tertiary/aromatic N) is 1. The van der Waals surface area contributed by atoms with Crippen LogP contribution in [0.25, 0.3) is 0 Å². The van der Waals surface area contributed by atoms with Crippen molar-refractivity contribution in [3.8, 4) is 0 Å². The van der Waals surface area contributed by atoms with Crippen molar-refractivity contribution < 1.29 is 0 Å². The van der Waals surface area contributed by atoms with Gasteiger partial charge in [0.25, 0.3) is 0 Å². The van der Waals surface area contributed by atoms with Crippen molar-refractivity contribution in [3.63, 3.8) is 0 Å². The van der Waals surface area contributed by atoms with Crippen LogP contribution in [0.15, 0.2) is 90.7 Å². The first-order chi connectivity index (χ1) is 16.6. The van der Waals surface area contributed by atoms with Crippen LogP contribution in [0.3, 0.4) is 0 Å². The van der Waals surface area contributed by atoms with Crippen LogP contribution < -0.4 is 5.73 Å². The van der Waals surface area contributed by atoms with Crippen molar-refractivity contribution in [3.05, 3.63) is 103 Å². The summed E-state index contributed by atoms with van der Waals surface area (Å²) in [5.74, 6) is 0. The van der Waals surface area contributed by atoms with Gasteiger partial charge in [0.2, 0.25) is 0 Å². The fourth-order valence-corrected chi connectivity index (χ4v) is 7.52. The Labute approximate surface area is 236 Å². The highest BCUT2D eigenvalue weighted by Crippen LogP contribution is 2.43. The van der Waals surface area contributed by atoms with Crippen molar-refractivity contribution in [1.29, 1.82) is 0 Å². The zero-order chi connectivity index (χ0) is 25.3. The lowest BCUT2D eigenvalue weighted by Gasteiger charge is -2.15. The zero-order valence-corrected chi connectivity index (χ0v) is 24.0. The molecule has 180 valence electrons. The summed E-state index contributed by atoms with van der Waals surface area (Å²) in [6.07, 6.45) is 0. The third-order valence-corrected chi connectivity index (χ3v) is 9.98. The molecule has 0 heterocycles. The second-order valence-corrected chi connectivity index (χ2v) is 12.5. The topological polar surface area (TPSA) is 38.4 Å². The first-order valence-electron chi connectivity index (χ1n) is 10.3. The molecule has 0 aliphatic rings. The molecule has 0 aliphatic carbocycles. The number of halogens is 5. The van der Waals surface area contributed by atoms with Gasteiger partial charge >= 0.3 is 0 Å². The molecule has 1 unspecified atom stereocenters. The number of nitrogens with two attached hydrogens (primary N) is 1. The lowest BCUT2D eigenvalue weighted by atomic mass is 10.2. The van der Waals surface area contributed by atoms with Gasteiger partial charge in [0.15, 0.2) is 0 Å². The Kier molecular flexibility index (Phi) is 8.65. The largest absolute Gasteiger partial charge is 0.399 e. The molecule has 1 atom stereocenters. The Bertz CT molecular complexity index is 1420. The van der Waals surface area contributed by atoms with Crippen molar-refractivity contribution in [2.45, 2.75) is 33.4 Å². The summed E-state index contributed by atoms with van der Waals surface area (Å²) in [6, 6.07) is 20.6. The summed E-state index contributed by atoms with van der Waals surface area (Å²) in [7, 11) is -0.759. The number of aryl methyl sites for hydroxylation is 2. The maximum atomic E-state index is 6.71. The number of rotatable bonds is 5. The van der Waals surface area contributed by atoms with Crippen LogP contribution in [0, 0.1) is 13.8 Å². The Morgan fingerprint density at radius 3 is 2.09 bits per heavy atom. The maximum Gasteiger partial charge on any atom is 0.0912 e.